The second-order valence-electron chi connectivity index (χ2n) is 4.61. The van der Waals surface area contributed by atoms with E-state index in [4.69, 9.17) is 0 Å². The van der Waals surface area contributed by atoms with Crippen molar-refractivity contribution in [2.24, 2.45) is 0 Å². The van der Waals surface area contributed by atoms with Crippen molar-refractivity contribution in [2.75, 3.05) is 0 Å². The van der Waals surface area contributed by atoms with Gasteiger partial charge in [-0.2, -0.15) is 0 Å². The van der Waals surface area contributed by atoms with Gasteiger partial charge in [-0.25, -0.2) is 0 Å². The average Bonchev–Trinajstić information content (AvgIpc) is 2.67. The predicted molar refractivity (Wildman–Crippen MR) is 84.4 cm³/mol. The summed E-state index contributed by atoms with van der Waals surface area (Å²) in [7, 11) is 0. The van der Waals surface area contributed by atoms with Crippen molar-refractivity contribution in [1.29, 1.82) is 0 Å². The number of benzene rings is 2. The number of aryl methyl sites for hydroxylation is 2. The molecule has 0 unspecified atom stereocenters. The zero-order valence-electron chi connectivity index (χ0n) is 10.3. The highest BCUT2D eigenvalue weighted by Crippen LogP contribution is 2.42. The van der Waals surface area contributed by atoms with Gasteiger partial charge in [-0.15, -0.1) is 11.3 Å². The Hall–Kier alpha value is -1.12. The molecule has 0 aliphatic heterocycles. The van der Waals surface area contributed by atoms with Crippen molar-refractivity contribution in [2.45, 2.75) is 13.8 Å². The van der Waals surface area contributed by atoms with Crippen LogP contribution in [0.4, 0.5) is 0 Å². The molecular formula is C16H13BrS. The highest BCUT2D eigenvalue weighted by atomic mass is 79.9. The van der Waals surface area contributed by atoms with Crippen LogP contribution < -0.4 is 0 Å². The second kappa shape index (κ2) is 4.52. The Balaban J connectivity index is 2.23. The fraction of sp³-hybridized carbons (Fsp3) is 0.125. The Morgan fingerprint density at radius 1 is 0.889 bits per heavy atom. The van der Waals surface area contributed by atoms with E-state index in [1.54, 1.807) is 0 Å². The van der Waals surface area contributed by atoms with E-state index in [0.717, 1.165) is 0 Å². The number of hydrogen-bond acceptors (Lipinski definition) is 1. The summed E-state index contributed by atoms with van der Waals surface area (Å²) in [6, 6.07) is 15.3. The lowest BCUT2D eigenvalue weighted by Crippen LogP contribution is -1.75. The highest BCUT2D eigenvalue weighted by Gasteiger charge is 2.11. The van der Waals surface area contributed by atoms with Gasteiger partial charge in [0, 0.05) is 19.4 Å². The van der Waals surface area contributed by atoms with Gasteiger partial charge in [-0.05, 0) is 47.0 Å². The van der Waals surface area contributed by atoms with Crippen molar-refractivity contribution in [1.82, 2.24) is 0 Å². The molecule has 0 fully saturated rings. The summed E-state index contributed by atoms with van der Waals surface area (Å²) in [4.78, 5) is 1.32. The zero-order valence-corrected chi connectivity index (χ0v) is 12.7. The molecule has 2 aromatic carbocycles. The van der Waals surface area contributed by atoms with Crippen molar-refractivity contribution in [3.05, 3.63) is 58.1 Å². The van der Waals surface area contributed by atoms with E-state index in [1.165, 1.54) is 36.1 Å². The molecule has 0 amide bonds. The van der Waals surface area contributed by atoms with E-state index in [1.807, 2.05) is 11.3 Å². The van der Waals surface area contributed by atoms with Crippen LogP contribution in [0.3, 0.4) is 0 Å². The van der Waals surface area contributed by atoms with Gasteiger partial charge in [0.25, 0.3) is 0 Å². The first-order valence-electron chi connectivity index (χ1n) is 5.91. The van der Waals surface area contributed by atoms with Crippen LogP contribution in [0, 0.1) is 13.8 Å². The topological polar surface area (TPSA) is 0 Å². The average molecular weight is 317 g/mol. The molecule has 0 saturated heterocycles. The van der Waals surface area contributed by atoms with E-state index in [2.05, 4.69) is 72.2 Å². The molecule has 0 atom stereocenters. The van der Waals surface area contributed by atoms with Gasteiger partial charge < -0.3 is 0 Å². The van der Waals surface area contributed by atoms with Crippen molar-refractivity contribution in [3.63, 3.8) is 0 Å². The third-order valence-corrected chi connectivity index (χ3v) is 5.39. The Morgan fingerprint density at radius 3 is 2.28 bits per heavy atom. The van der Waals surface area contributed by atoms with Crippen molar-refractivity contribution in [3.8, 4) is 10.4 Å². The smallest absolute Gasteiger partial charge is 0.0497 e. The second-order valence-corrected chi connectivity index (χ2v) is 6.46. The molecule has 0 saturated carbocycles. The minimum atomic E-state index is 1.21. The first-order valence-corrected chi connectivity index (χ1v) is 7.52. The van der Waals surface area contributed by atoms with E-state index >= 15 is 0 Å². The van der Waals surface area contributed by atoms with E-state index < -0.39 is 0 Å². The van der Waals surface area contributed by atoms with Gasteiger partial charge in [-0.3, -0.25) is 0 Å². The fourth-order valence-electron chi connectivity index (χ4n) is 2.06. The maximum absolute atomic E-state index is 3.74. The number of halogens is 1. The summed E-state index contributed by atoms with van der Waals surface area (Å²) in [5.41, 5.74) is 3.89. The van der Waals surface area contributed by atoms with Crippen LogP contribution >= 0.6 is 27.3 Å². The zero-order chi connectivity index (χ0) is 12.7. The van der Waals surface area contributed by atoms with Gasteiger partial charge in [-0.1, -0.05) is 42.0 Å². The Labute approximate surface area is 119 Å². The molecule has 3 rings (SSSR count). The molecule has 2 heteroatoms. The molecule has 0 bridgehead atoms. The molecule has 0 aliphatic carbocycles. The standard InChI is InChI=1S/C16H13BrS/c1-10-3-6-12(7-4-10)16-15(17)13-8-5-11(2)9-14(13)18-16/h3-9H,1-2H3. The van der Waals surface area contributed by atoms with Crippen molar-refractivity contribution < 1.29 is 0 Å². The molecule has 0 N–H and O–H groups in total. The Kier molecular flexibility index (Phi) is 3.00. The normalized spacial score (nSPS) is 11.1. The van der Waals surface area contributed by atoms with E-state index in [-0.39, 0.29) is 0 Å². The summed E-state index contributed by atoms with van der Waals surface area (Å²) in [6.45, 7) is 4.26. The first-order chi connectivity index (χ1) is 8.65. The van der Waals surface area contributed by atoms with Crippen LogP contribution in [-0.2, 0) is 0 Å². The van der Waals surface area contributed by atoms with Gasteiger partial charge in [0.1, 0.15) is 0 Å². The molecule has 18 heavy (non-hydrogen) atoms. The largest absolute Gasteiger partial charge is 0.134 e. The molecular weight excluding hydrogens is 304 g/mol. The minimum Gasteiger partial charge on any atom is -0.134 e. The molecule has 0 aliphatic rings. The van der Waals surface area contributed by atoms with Crippen LogP contribution in [-0.4, -0.2) is 0 Å². The molecule has 0 radical (unpaired) electrons. The predicted octanol–water partition coefficient (Wildman–Crippen LogP) is 5.95. The van der Waals surface area contributed by atoms with E-state index in [9.17, 15) is 0 Å². The third-order valence-electron chi connectivity index (χ3n) is 3.10. The lowest BCUT2D eigenvalue weighted by Gasteiger charge is -1.99. The quantitative estimate of drug-likeness (QED) is 0.520. The maximum atomic E-state index is 3.74. The fourth-order valence-corrected chi connectivity index (χ4v) is 4.21. The minimum absolute atomic E-state index is 1.21. The molecule has 0 nitrogen and oxygen atoms in total. The lowest BCUT2D eigenvalue weighted by atomic mass is 10.1. The number of fused-ring (bicyclic) bond motifs is 1. The van der Waals surface area contributed by atoms with Crippen LogP contribution in [0.15, 0.2) is 46.9 Å². The lowest BCUT2D eigenvalue weighted by molar-refractivity contribution is 1.48. The van der Waals surface area contributed by atoms with Gasteiger partial charge in [0.15, 0.2) is 0 Å². The number of rotatable bonds is 1. The SMILES string of the molecule is Cc1ccc(-c2sc3cc(C)ccc3c2Br)cc1. The molecule has 3 aromatic rings. The maximum Gasteiger partial charge on any atom is 0.0497 e. The highest BCUT2D eigenvalue weighted by molar-refractivity contribution is 9.10. The monoisotopic (exact) mass is 316 g/mol. The van der Waals surface area contributed by atoms with E-state index in [0.29, 0.717) is 0 Å². The summed E-state index contributed by atoms with van der Waals surface area (Å²) >= 11 is 5.59. The van der Waals surface area contributed by atoms with Crippen LogP contribution in [0.5, 0.6) is 0 Å². The Morgan fingerprint density at radius 2 is 1.56 bits per heavy atom. The third kappa shape index (κ3) is 2.00. The summed E-state index contributed by atoms with van der Waals surface area (Å²) < 4.78 is 2.56. The molecule has 0 spiro atoms. The van der Waals surface area contributed by atoms with Gasteiger partial charge in [0.2, 0.25) is 0 Å². The van der Waals surface area contributed by atoms with Gasteiger partial charge in [0.05, 0.1) is 0 Å². The molecule has 1 aromatic heterocycles. The van der Waals surface area contributed by atoms with Gasteiger partial charge >= 0.3 is 0 Å². The summed E-state index contributed by atoms with van der Waals surface area (Å²) in [5, 5.41) is 1.31. The molecule has 90 valence electrons. The first kappa shape index (κ1) is 11.9. The van der Waals surface area contributed by atoms with Crippen LogP contribution in [0.1, 0.15) is 11.1 Å². The number of hydrogen-bond donors (Lipinski definition) is 0. The Bertz CT molecular complexity index is 708. The van der Waals surface area contributed by atoms with Crippen LogP contribution in [0.25, 0.3) is 20.5 Å². The van der Waals surface area contributed by atoms with Crippen molar-refractivity contribution >= 4 is 37.4 Å². The molecule has 1 heterocycles. The number of thiophene rings is 1. The van der Waals surface area contributed by atoms with Crippen LogP contribution in [0.2, 0.25) is 0 Å². The summed E-state index contributed by atoms with van der Waals surface area (Å²) in [5.74, 6) is 0. The summed E-state index contributed by atoms with van der Waals surface area (Å²) in [6.07, 6.45) is 0.